The van der Waals surface area contributed by atoms with Crippen LogP contribution in [0.4, 0.5) is 0 Å². The lowest BCUT2D eigenvalue weighted by molar-refractivity contribution is -0.182. The number of hydrogen-bond donors (Lipinski definition) is 0. The zero-order chi connectivity index (χ0) is 9.14. The molecule has 0 spiro atoms. The second-order valence-electron chi connectivity index (χ2n) is 2.53. The molecule has 2 amide bonds. The van der Waals surface area contributed by atoms with Crippen molar-refractivity contribution >= 4 is 11.8 Å². The second kappa shape index (κ2) is 3.32. The van der Waals surface area contributed by atoms with Crippen LogP contribution in [-0.4, -0.2) is 23.5 Å². The Morgan fingerprint density at radius 1 is 1.50 bits per heavy atom. The van der Waals surface area contributed by atoms with Crippen LogP contribution < -0.4 is 0 Å². The smallest absolute Gasteiger partial charge is 0.267 e. The molecule has 12 heavy (non-hydrogen) atoms. The Morgan fingerprint density at radius 3 is 2.42 bits per heavy atom. The van der Waals surface area contributed by atoms with Gasteiger partial charge in [0.05, 0.1) is 6.61 Å². The Morgan fingerprint density at radius 2 is 2.00 bits per heavy atom. The van der Waals surface area contributed by atoms with Crippen LogP contribution in [0.15, 0.2) is 24.3 Å². The summed E-state index contributed by atoms with van der Waals surface area (Å²) in [4.78, 5) is 26.6. The van der Waals surface area contributed by atoms with Crippen molar-refractivity contribution in [3.63, 3.8) is 0 Å². The van der Waals surface area contributed by atoms with E-state index < -0.39 is 11.8 Å². The molecule has 0 atom stereocenters. The summed E-state index contributed by atoms with van der Waals surface area (Å²) in [6, 6.07) is 0. The number of carbonyl (C=O) groups excluding carboxylic acids is 2. The molecule has 0 unspecified atom stereocenters. The zero-order valence-corrected chi connectivity index (χ0v) is 6.74. The molecule has 0 radical (unpaired) electrons. The molecule has 0 aliphatic carbocycles. The summed E-state index contributed by atoms with van der Waals surface area (Å²) in [5.41, 5.74) is 0.752. The highest BCUT2D eigenvalue weighted by atomic mass is 16.7. The van der Waals surface area contributed by atoms with Gasteiger partial charge in [-0.1, -0.05) is 12.2 Å². The lowest BCUT2D eigenvalue weighted by atomic mass is 10.4. The van der Waals surface area contributed by atoms with E-state index >= 15 is 0 Å². The van der Waals surface area contributed by atoms with E-state index in [-0.39, 0.29) is 6.61 Å². The molecule has 0 bridgehead atoms. The number of nitrogens with zero attached hydrogens (tertiary/aromatic N) is 1. The molecule has 0 saturated heterocycles. The first-order valence-corrected chi connectivity index (χ1v) is 3.44. The van der Waals surface area contributed by atoms with Gasteiger partial charge in [-0.3, -0.25) is 14.4 Å². The Kier molecular flexibility index (Phi) is 2.40. The van der Waals surface area contributed by atoms with Gasteiger partial charge in [-0.15, -0.1) is 5.06 Å². The highest BCUT2D eigenvalue weighted by Crippen LogP contribution is 2.04. The molecule has 1 rings (SSSR count). The van der Waals surface area contributed by atoms with E-state index in [9.17, 15) is 9.59 Å². The van der Waals surface area contributed by atoms with Gasteiger partial charge in [0.2, 0.25) is 0 Å². The molecule has 1 aliphatic rings. The number of rotatable bonds is 3. The quantitative estimate of drug-likeness (QED) is 0.452. The maximum absolute atomic E-state index is 10.9. The summed E-state index contributed by atoms with van der Waals surface area (Å²) >= 11 is 0. The van der Waals surface area contributed by atoms with Crippen LogP contribution in [0.1, 0.15) is 6.92 Å². The van der Waals surface area contributed by atoms with Gasteiger partial charge >= 0.3 is 0 Å². The fraction of sp³-hybridized carbons (Fsp3) is 0.250. The third kappa shape index (κ3) is 1.79. The maximum Gasteiger partial charge on any atom is 0.277 e. The van der Waals surface area contributed by atoms with E-state index in [1.165, 1.54) is 12.2 Å². The minimum atomic E-state index is -0.443. The van der Waals surface area contributed by atoms with Crippen molar-refractivity contribution in [2.75, 3.05) is 6.61 Å². The number of hydroxylamine groups is 2. The van der Waals surface area contributed by atoms with Crippen LogP contribution in [0, 0.1) is 0 Å². The van der Waals surface area contributed by atoms with Crippen LogP contribution in [0.3, 0.4) is 0 Å². The number of hydrogen-bond acceptors (Lipinski definition) is 3. The molecular weight excluding hydrogens is 158 g/mol. The summed E-state index contributed by atoms with van der Waals surface area (Å²) < 4.78 is 0. The molecule has 1 aliphatic heterocycles. The van der Waals surface area contributed by atoms with Gasteiger partial charge in [0, 0.05) is 12.2 Å². The van der Waals surface area contributed by atoms with Gasteiger partial charge in [0.25, 0.3) is 11.8 Å². The Labute approximate surface area is 70.1 Å². The van der Waals surface area contributed by atoms with E-state index in [0.29, 0.717) is 5.06 Å². The standard InChI is InChI=1S/C8H9NO3/c1-6(2)5-12-9-7(10)3-4-8(9)11/h3-4H,1,5H2,2H3. The van der Waals surface area contributed by atoms with Crippen molar-refractivity contribution < 1.29 is 14.4 Å². The molecule has 0 saturated carbocycles. The largest absolute Gasteiger partial charge is 0.277 e. The van der Waals surface area contributed by atoms with Crippen LogP contribution in [0.5, 0.6) is 0 Å². The van der Waals surface area contributed by atoms with Gasteiger partial charge in [-0.2, -0.15) is 0 Å². The van der Waals surface area contributed by atoms with Crippen molar-refractivity contribution in [1.29, 1.82) is 0 Å². The van der Waals surface area contributed by atoms with Crippen LogP contribution in [0.2, 0.25) is 0 Å². The van der Waals surface area contributed by atoms with Gasteiger partial charge < -0.3 is 0 Å². The third-order valence-corrected chi connectivity index (χ3v) is 1.21. The van der Waals surface area contributed by atoms with Crippen molar-refractivity contribution in [2.45, 2.75) is 6.92 Å². The van der Waals surface area contributed by atoms with Gasteiger partial charge in [-0.25, -0.2) is 0 Å². The highest BCUT2D eigenvalue weighted by Gasteiger charge is 2.24. The molecule has 64 valence electrons. The summed E-state index contributed by atoms with van der Waals surface area (Å²) in [5.74, 6) is -0.887. The molecule has 0 aromatic carbocycles. The molecule has 4 heteroatoms. The molecule has 0 aromatic heterocycles. The first-order chi connectivity index (χ1) is 5.61. The van der Waals surface area contributed by atoms with Crippen molar-refractivity contribution in [1.82, 2.24) is 5.06 Å². The van der Waals surface area contributed by atoms with E-state index in [2.05, 4.69) is 6.58 Å². The van der Waals surface area contributed by atoms with E-state index in [0.717, 1.165) is 5.57 Å². The summed E-state index contributed by atoms with van der Waals surface area (Å²) in [7, 11) is 0. The monoisotopic (exact) mass is 167 g/mol. The van der Waals surface area contributed by atoms with Crippen LogP contribution >= 0.6 is 0 Å². The van der Waals surface area contributed by atoms with E-state index in [1.807, 2.05) is 0 Å². The average Bonchev–Trinajstić information content (AvgIpc) is 2.28. The van der Waals surface area contributed by atoms with Crippen LogP contribution in [-0.2, 0) is 14.4 Å². The molecule has 0 N–H and O–H groups in total. The average molecular weight is 167 g/mol. The van der Waals surface area contributed by atoms with E-state index in [1.54, 1.807) is 6.92 Å². The number of amides is 2. The lowest BCUT2D eigenvalue weighted by Gasteiger charge is -2.12. The fourth-order valence-corrected chi connectivity index (χ4v) is 0.689. The minimum absolute atomic E-state index is 0.180. The minimum Gasteiger partial charge on any atom is -0.267 e. The predicted molar refractivity (Wildman–Crippen MR) is 41.8 cm³/mol. The fourth-order valence-electron chi connectivity index (χ4n) is 0.689. The summed E-state index contributed by atoms with van der Waals surface area (Å²) in [6.45, 7) is 5.50. The Bertz CT molecular complexity index is 249. The number of imide groups is 1. The van der Waals surface area contributed by atoms with Gasteiger partial charge in [0.15, 0.2) is 0 Å². The predicted octanol–water partition coefficient (Wildman–Crippen LogP) is 0.419. The summed E-state index contributed by atoms with van der Waals surface area (Å²) in [5, 5.41) is 0.717. The van der Waals surface area contributed by atoms with Crippen molar-refractivity contribution in [3.05, 3.63) is 24.3 Å². The van der Waals surface area contributed by atoms with Crippen molar-refractivity contribution in [2.24, 2.45) is 0 Å². The normalized spacial score (nSPS) is 15.9. The molecule has 1 heterocycles. The van der Waals surface area contributed by atoms with Gasteiger partial charge in [0.1, 0.15) is 0 Å². The van der Waals surface area contributed by atoms with Gasteiger partial charge in [-0.05, 0) is 6.92 Å². The zero-order valence-electron chi connectivity index (χ0n) is 6.74. The molecule has 4 nitrogen and oxygen atoms in total. The number of carbonyl (C=O) groups is 2. The first-order valence-electron chi connectivity index (χ1n) is 3.44. The van der Waals surface area contributed by atoms with Crippen molar-refractivity contribution in [3.8, 4) is 0 Å². The SMILES string of the molecule is C=C(C)CON1C(=O)C=CC1=O. The maximum atomic E-state index is 10.9. The third-order valence-electron chi connectivity index (χ3n) is 1.21. The Hall–Kier alpha value is -1.42. The Balaban J connectivity index is 2.48. The lowest BCUT2D eigenvalue weighted by Crippen LogP contribution is -2.30. The van der Waals surface area contributed by atoms with E-state index in [4.69, 9.17) is 4.84 Å². The topological polar surface area (TPSA) is 46.6 Å². The highest BCUT2D eigenvalue weighted by molar-refractivity contribution is 6.11. The first kappa shape index (κ1) is 8.67. The molecule has 0 fully saturated rings. The van der Waals surface area contributed by atoms with Crippen LogP contribution in [0.25, 0.3) is 0 Å². The second-order valence-corrected chi connectivity index (χ2v) is 2.53. The molecular formula is C8H9NO3. The molecule has 0 aromatic rings. The summed E-state index contributed by atoms with van der Waals surface area (Å²) in [6.07, 6.45) is 2.33.